The van der Waals surface area contributed by atoms with E-state index in [4.69, 9.17) is 4.74 Å². The van der Waals surface area contributed by atoms with Gasteiger partial charge in [-0.1, -0.05) is 66.7 Å². The van der Waals surface area contributed by atoms with Crippen LogP contribution in [0.4, 0.5) is 5.69 Å². The number of para-hydroxylation sites is 3. The lowest BCUT2D eigenvalue weighted by molar-refractivity contribution is -0.119. The molecule has 1 aromatic heterocycles. The lowest BCUT2D eigenvalue weighted by Gasteiger charge is -2.15. The van der Waals surface area contributed by atoms with Gasteiger partial charge in [0, 0.05) is 17.1 Å². The summed E-state index contributed by atoms with van der Waals surface area (Å²) in [5.74, 6) is 0.551. The zero-order valence-corrected chi connectivity index (χ0v) is 20.6. The second-order valence-electron chi connectivity index (χ2n) is 8.31. The molecule has 0 spiro atoms. The van der Waals surface area contributed by atoms with Crippen LogP contribution in [-0.4, -0.2) is 16.4 Å². The van der Waals surface area contributed by atoms with Crippen LogP contribution in [0.25, 0.3) is 22.2 Å². The summed E-state index contributed by atoms with van der Waals surface area (Å²) in [6.45, 7) is 0. The van der Waals surface area contributed by atoms with Crippen LogP contribution in [0.15, 0.2) is 120 Å². The highest BCUT2D eigenvalue weighted by Crippen LogP contribution is 2.37. The molecule has 0 radical (unpaired) electrons. The van der Waals surface area contributed by atoms with Crippen molar-refractivity contribution in [2.75, 3.05) is 4.90 Å². The van der Waals surface area contributed by atoms with Crippen LogP contribution in [0.1, 0.15) is 5.56 Å². The maximum Gasteiger partial charge on any atom is 0.273 e. The predicted molar refractivity (Wildman–Crippen MR) is 145 cm³/mol. The van der Waals surface area contributed by atoms with Crippen molar-refractivity contribution in [3.8, 4) is 17.3 Å². The molecule has 0 N–H and O–H groups in total. The third-order valence-electron chi connectivity index (χ3n) is 6.10. The number of carbonyl (C=O) groups is 2. The molecule has 1 aliphatic heterocycles. The summed E-state index contributed by atoms with van der Waals surface area (Å²) in [5, 5.41) is 1.07. The highest BCUT2D eigenvalue weighted by molar-refractivity contribution is 9.12. The van der Waals surface area contributed by atoms with Crippen molar-refractivity contribution >= 4 is 49.9 Å². The van der Waals surface area contributed by atoms with Crippen LogP contribution >= 0.6 is 15.9 Å². The molecular formula is C30H19BrN2O3. The van der Waals surface area contributed by atoms with Gasteiger partial charge in [-0.25, -0.2) is 4.90 Å². The minimum atomic E-state index is -0.381. The molecular weight excluding hydrogens is 516 g/mol. The van der Waals surface area contributed by atoms with Crippen molar-refractivity contribution in [3.05, 3.63) is 125 Å². The van der Waals surface area contributed by atoms with Crippen LogP contribution in [0.5, 0.6) is 11.6 Å². The SMILES string of the molecule is O=C1C(Br)=C(c2ccc(Oc3cc4ccccc4n3-c3ccccc3)cc2)C(=O)N1c1ccccc1. The average Bonchev–Trinajstić information content (AvgIpc) is 3.39. The first-order valence-electron chi connectivity index (χ1n) is 11.4. The Morgan fingerprint density at radius 2 is 1.25 bits per heavy atom. The average molecular weight is 535 g/mol. The van der Waals surface area contributed by atoms with Gasteiger partial charge in [0.1, 0.15) is 5.75 Å². The van der Waals surface area contributed by atoms with Gasteiger partial charge in [0.15, 0.2) is 0 Å². The predicted octanol–water partition coefficient (Wildman–Crippen LogP) is 7.10. The van der Waals surface area contributed by atoms with E-state index in [-0.39, 0.29) is 16.3 Å². The first-order valence-corrected chi connectivity index (χ1v) is 12.2. The molecule has 6 heteroatoms. The Morgan fingerprint density at radius 3 is 1.94 bits per heavy atom. The summed E-state index contributed by atoms with van der Waals surface area (Å²) < 4.78 is 8.62. The standard InChI is InChI=1S/C30H19BrN2O3/c31-28-27(29(34)33(30(28)35)23-12-5-2-6-13-23)20-15-17-24(18-16-20)36-26-19-21-9-7-8-14-25(21)32(26)22-10-3-1-4-11-22/h1-19H. The van der Waals surface area contributed by atoms with Gasteiger partial charge in [-0.2, -0.15) is 0 Å². The molecule has 5 aromatic rings. The number of anilines is 1. The summed E-state index contributed by atoms with van der Waals surface area (Å²) >= 11 is 3.35. The molecule has 0 atom stereocenters. The smallest absolute Gasteiger partial charge is 0.273 e. The number of rotatable bonds is 5. The number of amides is 2. The van der Waals surface area contributed by atoms with Crippen molar-refractivity contribution in [3.63, 3.8) is 0 Å². The lowest BCUT2D eigenvalue weighted by Crippen LogP contribution is -2.30. The van der Waals surface area contributed by atoms with Gasteiger partial charge in [0.2, 0.25) is 5.88 Å². The van der Waals surface area contributed by atoms with Crippen molar-refractivity contribution < 1.29 is 14.3 Å². The number of hydrogen-bond acceptors (Lipinski definition) is 3. The molecule has 36 heavy (non-hydrogen) atoms. The number of carbonyl (C=O) groups excluding carboxylic acids is 2. The Balaban J connectivity index is 1.32. The van der Waals surface area contributed by atoms with E-state index < -0.39 is 0 Å². The highest BCUT2D eigenvalue weighted by atomic mass is 79.9. The van der Waals surface area contributed by atoms with E-state index in [9.17, 15) is 9.59 Å². The van der Waals surface area contributed by atoms with Gasteiger partial charge >= 0.3 is 0 Å². The third kappa shape index (κ3) is 3.72. The first-order chi connectivity index (χ1) is 17.6. The minimum Gasteiger partial charge on any atom is -0.440 e. The summed E-state index contributed by atoms with van der Waals surface area (Å²) in [6, 6.07) is 36.3. The number of hydrogen-bond donors (Lipinski definition) is 0. The number of imide groups is 1. The van der Waals surface area contributed by atoms with Gasteiger partial charge in [-0.15, -0.1) is 0 Å². The fourth-order valence-corrected chi connectivity index (χ4v) is 5.00. The molecule has 2 amide bonds. The molecule has 174 valence electrons. The third-order valence-corrected chi connectivity index (χ3v) is 6.83. The van der Waals surface area contributed by atoms with Crippen LogP contribution in [0, 0.1) is 0 Å². The molecule has 5 nitrogen and oxygen atoms in total. The van der Waals surface area contributed by atoms with Crippen molar-refractivity contribution in [1.29, 1.82) is 0 Å². The van der Waals surface area contributed by atoms with Gasteiger partial charge in [0.25, 0.3) is 11.8 Å². The fourth-order valence-electron chi connectivity index (χ4n) is 4.42. The Kier molecular flexibility index (Phi) is 5.51. The molecule has 1 aliphatic rings. The highest BCUT2D eigenvalue weighted by Gasteiger charge is 2.38. The molecule has 4 aromatic carbocycles. The monoisotopic (exact) mass is 534 g/mol. The van der Waals surface area contributed by atoms with E-state index in [0.29, 0.717) is 28.5 Å². The Bertz CT molecular complexity index is 1640. The van der Waals surface area contributed by atoms with Crippen LogP contribution < -0.4 is 9.64 Å². The minimum absolute atomic E-state index is 0.245. The molecule has 0 fully saturated rings. The van der Waals surface area contributed by atoms with Crippen LogP contribution in [-0.2, 0) is 9.59 Å². The number of aromatic nitrogens is 1. The maximum atomic E-state index is 13.2. The Labute approximate surface area is 216 Å². The number of halogens is 1. The molecule has 0 saturated carbocycles. The largest absolute Gasteiger partial charge is 0.440 e. The second-order valence-corrected chi connectivity index (χ2v) is 9.10. The first kappa shape index (κ1) is 22.1. The van der Waals surface area contributed by atoms with E-state index in [1.54, 1.807) is 48.5 Å². The van der Waals surface area contributed by atoms with Crippen LogP contribution in [0.2, 0.25) is 0 Å². The van der Waals surface area contributed by atoms with Gasteiger partial charge in [-0.3, -0.25) is 14.2 Å². The summed E-state index contributed by atoms with van der Waals surface area (Å²) in [4.78, 5) is 27.2. The van der Waals surface area contributed by atoms with Crippen molar-refractivity contribution in [2.45, 2.75) is 0 Å². The fraction of sp³-hybridized carbons (Fsp3) is 0. The van der Waals surface area contributed by atoms with E-state index in [1.165, 1.54) is 4.90 Å². The molecule has 0 saturated heterocycles. The molecule has 2 heterocycles. The number of fused-ring (bicyclic) bond motifs is 1. The van der Waals surface area contributed by atoms with E-state index in [0.717, 1.165) is 16.6 Å². The second kappa shape index (κ2) is 8.98. The van der Waals surface area contributed by atoms with Crippen LogP contribution in [0.3, 0.4) is 0 Å². The summed E-state index contributed by atoms with van der Waals surface area (Å²) in [5.41, 5.74) is 3.53. The normalized spacial score (nSPS) is 13.6. The summed E-state index contributed by atoms with van der Waals surface area (Å²) in [7, 11) is 0. The quantitative estimate of drug-likeness (QED) is 0.226. The van der Waals surface area contributed by atoms with Gasteiger partial charge < -0.3 is 4.74 Å². The maximum absolute atomic E-state index is 13.2. The number of nitrogens with zero attached hydrogens (tertiary/aromatic N) is 2. The zero-order valence-electron chi connectivity index (χ0n) is 19.0. The Morgan fingerprint density at radius 1 is 0.639 bits per heavy atom. The molecule has 0 unspecified atom stereocenters. The number of benzene rings is 4. The molecule has 0 bridgehead atoms. The van der Waals surface area contributed by atoms with E-state index >= 15 is 0 Å². The zero-order chi connectivity index (χ0) is 24.6. The van der Waals surface area contributed by atoms with E-state index in [1.807, 2.05) is 54.6 Å². The van der Waals surface area contributed by atoms with Gasteiger partial charge in [0.05, 0.1) is 21.3 Å². The topological polar surface area (TPSA) is 51.5 Å². The van der Waals surface area contributed by atoms with E-state index in [2.05, 4.69) is 32.6 Å². The molecule has 0 aliphatic carbocycles. The van der Waals surface area contributed by atoms with Gasteiger partial charge in [-0.05, 0) is 64.0 Å². The Hall–Kier alpha value is -4.42. The molecule has 6 rings (SSSR count). The summed E-state index contributed by atoms with van der Waals surface area (Å²) in [6.07, 6.45) is 0. The van der Waals surface area contributed by atoms with Crippen molar-refractivity contribution in [2.24, 2.45) is 0 Å². The number of ether oxygens (including phenoxy) is 1. The lowest BCUT2D eigenvalue weighted by atomic mass is 10.1. The van der Waals surface area contributed by atoms with Crippen molar-refractivity contribution in [1.82, 2.24) is 4.57 Å².